The number of allylic oxidation sites excluding steroid dienone is 1. The highest BCUT2D eigenvalue weighted by molar-refractivity contribution is 6.00. The summed E-state index contributed by atoms with van der Waals surface area (Å²) in [5.41, 5.74) is 0.407. The van der Waals surface area contributed by atoms with E-state index in [2.05, 4.69) is 4.90 Å². The highest BCUT2D eigenvalue weighted by Gasteiger charge is 2.67. The smallest absolute Gasteiger partial charge is 0.162 e. The van der Waals surface area contributed by atoms with Gasteiger partial charge in [0.15, 0.2) is 17.3 Å². The Labute approximate surface area is 147 Å². The van der Waals surface area contributed by atoms with Crippen molar-refractivity contribution in [3.8, 4) is 11.5 Å². The molecule has 2 bridgehead atoms. The molecule has 1 aromatic rings. The second kappa shape index (κ2) is 5.32. The lowest BCUT2D eigenvalue weighted by atomic mass is 9.47. The molecule has 1 aliphatic heterocycles. The van der Waals surface area contributed by atoms with Crippen molar-refractivity contribution in [2.24, 2.45) is 0 Å². The number of carbonyl (C=O) groups is 1. The van der Waals surface area contributed by atoms with E-state index in [9.17, 15) is 15.0 Å². The molecular weight excluding hydrogens is 318 g/mol. The number of fused-ring (bicyclic) bond motifs is 1. The molecule has 1 aromatic carbocycles. The SMILES string of the molecule is CC=C1C(=O)CCC2(O)C3Cc4ccc(OC)c(O)c4C12CCN3C. The molecule has 0 amide bonds. The number of methoxy groups -OCH3 is 1. The summed E-state index contributed by atoms with van der Waals surface area (Å²) in [4.78, 5) is 15.0. The van der Waals surface area contributed by atoms with Crippen LogP contribution in [0.3, 0.4) is 0 Å². The van der Waals surface area contributed by atoms with Gasteiger partial charge in [0.05, 0.1) is 18.1 Å². The molecule has 2 fully saturated rings. The number of carbonyl (C=O) groups excluding carboxylic acids is 1. The Bertz CT molecular complexity index is 786. The first-order valence-electron chi connectivity index (χ1n) is 8.92. The van der Waals surface area contributed by atoms with E-state index >= 15 is 0 Å². The average Bonchev–Trinajstić information content (AvgIpc) is 2.59. The topological polar surface area (TPSA) is 70.0 Å². The van der Waals surface area contributed by atoms with Gasteiger partial charge in [0.25, 0.3) is 0 Å². The number of likely N-dealkylation sites (tertiary alicyclic amines) is 1. The van der Waals surface area contributed by atoms with Crippen molar-refractivity contribution in [1.82, 2.24) is 4.90 Å². The summed E-state index contributed by atoms with van der Waals surface area (Å²) >= 11 is 0. The van der Waals surface area contributed by atoms with Gasteiger partial charge >= 0.3 is 0 Å². The second-order valence-electron chi connectivity index (χ2n) is 7.56. The number of aliphatic hydroxyl groups is 1. The first-order chi connectivity index (χ1) is 11.9. The Morgan fingerprint density at radius 1 is 1.36 bits per heavy atom. The fourth-order valence-electron chi connectivity index (χ4n) is 5.63. The first-order valence-corrected chi connectivity index (χ1v) is 8.92. The molecule has 25 heavy (non-hydrogen) atoms. The zero-order chi connectivity index (χ0) is 18.0. The molecule has 1 heterocycles. The van der Waals surface area contributed by atoms with Gasteiger partial charge in [-0.05, 0) is 51.4 Å². The van der Waals surface area contributed by atoms with Crippen LogP contribution in [-0.4, -0.2) is 53.2 Å². The molecule has 0 aromatic heterocycles. The van der Waals surface area contributed by atoms with Gasteiger partial charge in [-0.3, -0.25) is 4.79 Å². The Balaban J connectivity index is 2.10. The summed E-state index contributed by atoms with van der Waals surface area (Å²) < 4.78 is 5.33. The molecule has 1 saturated heterocycles. The average molecular weight is 343 g/mol. The van der Waals surface area contributed by atoms with Gasteiger partial charge in [-0.1, -0.05) is 12.1 Å². The summed E-state index contributed by atoms with van der Waals surface area (Å²) in [7, 11) is 3.56. The van der Waals surface area contributed by atoms with Gasteiger partial charge in [0, 0.05) is 23.6 Å². The minimum absolute atomic E-state index is 0.0652. The third-order valence-electron chi connectivity index (χ3n) is 6.73. The number of hydrogen-bond donors (Lipinski definition) is 2. The third kappa shape index (κ3) is 1.83. The normalized spacial score (nSPS) is 36.1. The van der Waals surface area contributed by atoms with E-state index in [1.54, 1.807) is 6.07 Å². The summed E-state index contributed by atoms with van der Waals surface area (Å²) in [6.07, 6.45) is 3.88. The molecule has 4 rings (SSSR count). The molecule has 134 valence electrons. The molecule has 3 atom stereocenters. The van der Waals surface area contributed by atoms with Gasteiger partial charge in [0.2, 0.25) is 0 Å². The number of likely N-dealkylation sites (N-methyl/N-ethyl adjacent to an activating group) is 1. The van der Waals surface area contributed by atoms with E-state index in [-0.39, 0.29) is 17.6 Å². The van der Waals surface area contributed by atoms with E-state index in [1.165, 1.54) is 7.11 Å². The number of phenols is 1. The second-order valence-corrected chi connectivity index (χ2v) is 7.56. The highest BCUT2D eigenvalue weighted by atomic mass is 16.5. The number of ketones is 1. The zero-order valence-electron chi connectivity index (χ0n) is 15.0. The number of nitrogens with zero attached hydrogens (tertiary/aromatic N) is 1. The van der Waals surface area contributed by atoms with Crippen LogP contribution in [0.5, 0.6) is 11.5 Å². The number of rotatable bonds is 1. The number of aromatic hydroxyl groups is 1. The molecule has 0 spiro atoms. The number of hydrogen-bond acceptors (Lipinski definition) is 5. The van der Waals surface area contributed by atoms with Gasteiger partial charge in [-0.25, -0.2) is 0 Å². The number of piperidine rings is 1. The lowest BCUT2D eigenvalue weighted by Crippen LogP contribution is -2.73. The Morgan fingerprint density at radius 2 is 2.12 bits per heavy atom. The molecule has 0 radical (unpaired) electrons. The third-order valence-corrected chi connectivity index (χ3v) is 6.73. The predicted octanol–water partition coefficient (Wildman–Crippen LogP) is 1.94. The Kier molecular flexibility index (Phi) is 3.54. The summed E-state index contributed by atoms with van der Waals surface area (Å²) in [5.74, 6) is 0.530. The summed E-state index contributed by atoms with van der Waals surface area (Å²) in [5, 5.41) is 22.9. The van der Waals surface area contributed by atoms with E-state index in [4.69, 9.17) is 4.74 Å². The number of benzene rings is 1. The van der Waals surface area contributed by atoms with Crippen molar-refractivity contribution in [1.29, 1.82) is 0 Å². The molecule has 2 N–H and O–H groups in total. The lowest BCUT2D eigenvalue weighted by molar-refractivity contribution is -0.153. The van der Waals surface area contributed by atoms with Gasteiger partial charge in [-0.2, -0.15) is 0 Å². The van der Waals surface area contributed by atoms with Crippen LogP contribution in [0.1, 0.15) is 37.3 Å². The van der Waals surface area contributed by atoms with Crippen LogP contribution >= 0.6 is 0 Å². The minimum atomic E-state index is -1.06. The van der Waals surface area contributed by atoms with Crippen LogP contribution in [-0.2, 0) is 16.6 Å². The molecule has 3 unspecified atom stereocenters. The maximum absolute atomic E-state index is 12.8. The van der Waals surface area contributed by atoms with Crippen LogP contribution in [0.15, 0.2) is 23.8 Å². The van der Waals surface area contributed by atoms with Gasteiger partial charge < -0.3 is 19.8 Å². The molecule has 2 aliphatic carbocycles. The summed E-state index contributed by atoms with van der Waals surface area (Å²) in [6.45, 7) is 2.63. The van der Waals surface area contributed by atoms with Crippen molar-refractivity contribution in [3.63, 3.8) is 0 Å². The van der Waals surface area contributed by atoms with E-state index < -0.39 is 11.0 Å². The maximum atomic E-state index is 12.8. The standard InChI is InChI=1S/C20H25NO4/c1-4-13-14(22)7-8-20(24)16-11-12-5-6-15(25-3)18(23)17(12)19(13,20)9-10-21(16)2/h4-6,16,23-24H,7-11H2,1-3H3. The summed E-state index contributed by atoms with van der Waals surface area (Å²) in [6, 6.07) is 3.67. The molecular formula is C20H25NO4. The Morgan fingerprint density at radius 3 is 2.80 bits per heavy atom. The van der Waals surface area contributed by atoms with Crippen LogP contribution in [0.4, 0.5) is 0 Å². The maximum Gasteiger partial charge on any atom is 0.162 e. The predicted molar refractivity (Wildman–Crippen MR) is 94.0 cm³/mol. The number of ether oxygens (including phenoxy) is 1. The van der Waals surface area contributed by atoms with Crippen LogP contribution in [0.25, 0.3) is 0 Å². The molecule has 1 saturated carbocycles. The number of phenolic OH excluding ortho intramolecular Hbond substituents is 1. The van der Waals surface area contributed by atoms with Gasteiger partial charge in [-0.15, -0.1) is 0 Å². The highest BCUT2D eigenvalue weighted by Crippen LogP contribution is 2.62. The van der Waals surface area contributed by atoms with E-state index in [0.29, 0.717) is 42.6 Å². The van der Waals surface area contributed by atoms with Crippen LogP contribution in [0.2, 0.25) is 0 Å². The zero-order valence-corrected chi connectivity index (χ0v) is 15.0. The molecule has 5 heteroatoms. The monoisotopic (exact) mass is 343 g/mol. The number of Topliss-reactive ketones (excluding diaryl/α,β-unsaturated/α-hetero) is 1. The molecule has 3 aliphatic rings. The van der Waals surface area contributed by atoms with Gasteiger partial charge in [0.1, 0.15) is 0 Å². The van der Waals surface area contributed by atoms with Crippen molar-refractivity contribution in [2.75, 3.05) is 20.7 Å². The van der Waals surface area contributed by atoms with Crippen molar-refractivity contribution in [2.45, 2.75) is 49.7 Å². The van der Waals surface area contributed by atoms with Crippen molar-refractivity contribution < 1.29 is 19.7 Å². The lowest BCUT2D eigenvalue weighted by Gasteiger charge is -2.63. The first kappa shape index (κ1) is 16.6. The largest absolute Gasteiger partial charge is 0.504 e. The van der Waals surface area contributed by atoms with E-state index in [1.807, 2.05) is 26.1 Å². The fourth-order valence-corrected chi connectivity index (χ4v) is 5.63. The van der Waals surface area contributed by atoms with E-state index in [0.717, 1.165) is 12.1 Å². The molecule has 5 nitrogen and oxygen atoms in total. The quantitative estimate of drug-likeness (QED) is 0.763. The Hall–Kier alpha value is -1.85. The van der Waals surface area contributed by atoms with Crippen LogP contribution < -0.4 is 4.74 Å². The fraction of sp³-hybridized carbons (Fsp3) is 0.550. The van der Waals surface area contributed by atoms with Crippen molar-refractivity contribution >= 4 is 5.78 Å². The minimum Gasteiger partial charge on any atom is -0.504 e. The van der Waals surface area contributed by atoms with Crippen molar-refractivity contribution in [3.05, 3.63) is 34.9 Å². The van der Waals surface area contributed by atoms with Crippen LogP contribution in [0, 0.1) is 0 Å².